The Kier molecular flexibility index (Phi) is 1.88. The zero-order valence-electron chi connectivity index (χ0n) is 7.72. The highest BCUT2D eigenvalue weighted by molar-refractivity contribution is 5.06. The van der Waals surface area contributed by atoms with Crippen LogP contribution < -0.4 is 0 Å². The summed E-state index contributed by atoms with van der Waals surface area (Å²) in [6, 6.07) is 0.520. The molecule has 2 rings (SSSR count). The fraction of sp³-hybridized carbons (Fsp3) is 1.00. The van der Waals surface area contributed by atoms with Crippen LogP contribution in [0.25, 0.3) is 0 Å². The van der Waals surface area contributed by atoms with E-state index in [0.29, 0.717) is 19.1 Å². The van der Waals surface area contributed by atoms with Crippen molar-refractivity contribution in [3.8, 4) is 0 Å². The predicted molar refractivity (Wildman–Crippen MR) is 44.9 cm³/mol. The maximum atomic E-state index is 13.3. The molecule has 0 aliphatic carbocycles. The zero-order valence-corrected chi connectivity index (χ0v) is 7.72. The molecule has 2 saturated heterocycles. The zero-order chi connectivity index (χ0) is 8.77. The van der Waals surface area contributed by atoms with Gasteiger partial charge in [0.1, 0.15) is 11.8 Å². The van der Waals surface area contributed by atoms with E-state index in [-0.39, 0.29) is 0 Å². The second kappa shape index (κ2) is 2.67. The molecule has 0 N–H and O–H groups in total. The van der Waals surface area contributed by atoms with E-state index in [2.05, 4.69) is 18.7 Å². The molecule has 2 aliphatic heterocycles. The Morgan fingerprint density at radius 1 is 1.50 bits per heavy atom. The van der Waals surface area contributed by atoms with Gasteiger partial charge in [0, 0.05) is 25.6 Å². The third-order valence-electron chi connectivity index (χ3n) is 3.00. The molecule has 3 heteroatoms. The molecule has 0 bridgehead atoms. The summed E-state index contributed by atoms with van der Waals surface area (Å²) in [6.45, 7) is 6.44. The summed E-state index contributed by atoms with van der Waals surface area (Å²) >= 11 is 0. The van der Waals surface area contributed by atoms with Crippen LogP contribution in [0.1, 0.15) is 20.3 Å². The van der Waals surface area contributed by atoms with Gasteiger partial charge in [-0.05, 0) is 13.8 Å². The van der Waals surface area contributed by atoms with Crippen molar-refractivity contribution in [1.82, 2.24) is 4.90 Å². The van der Waals surface area contributed by atoms with Crippen LogP contribution in [-0.4, -0.2) is 42.4 Å². The second-order valence-corrected chi connectivity index (χ2v) is 4.17. The number of nitrogens with zero attached hydrogens (tertiary/aromatic N) is 1. The van der Waals surface area contributed by atoms with Gasteiger partial charge in [0.15, 0.2) is 0 Å². The standard InChI is InChI=1S/C9H16FNO/c1-7(2)11-5-9(6-11)8(10)3-4-12-9/h7-8H,3-6H2,1-2H3/t8-/m0/s1. The fourth-order valence-corrected chi connectivity index (χ4v) is 2.01. The Labute approximate surface area is 72.7 Å². The summed E-state index contributed by atoms with van der Waals surface area (Å²) < 4.78 is 18.8. The molecule has 0 radical (unpaired) electrons. The van der Waals surface area contributed by atoms with Gasteiger partial charge in [-0.1, -0.05) is 0 Å². The number of alkyl halides is 1. The van der Waals surface area contributed by atoms with Crippen molar-refractivity contribution in [2.45, 2.75) is 38.1 Å². The molecule has 2 heterocycles. The van der Waals surface area contributed by atoms with E-state index in [4.69, 9.17) is 4.74 Å². The Morgan fingerprint density at radius 3 is 2.58 bits per heavy atom. The average molecular weight is 173 g/mol. The van der Waals surface area contributed by atoms with Crippen molar-refractivity contribution >= 4 is 0 Å². The van der Waals surface area contributed by atoms with Gasteiger partial charge in [0.05, 0.1) is 6.61 Å². The predicted octanol–water partition coefficient (Wildman–Crippen LogP) is 1.21. The first-order chi connectivity index (χ1) is 5.64. The summed E-state index contributed by atoms with van der Waals surface area (Å²) in [4.78, 5) is 2.25. The van der Waals surface area contributed by atoms with Crippen LogP contribution in [0.3, 0.4) is 0 Å². The Balaban J connectivity index is 1.93. The smallest absolute Gasteiger partial charge is 0.134 e. The molecule has 1 spiro atoms. The van der Waals surface area contributed by atoms with Crippen molar-refractivity contribution in [3.05, 3.63) is 0 Å². The van der Waals surface area contributed by atoms with Gasteiger partial charge in [-0.25, -0.2) is 4.39 Å². The van der Waals surface area contributed by atoms with Gasteiger partial charge in [0.2, 0.25) is 0 Å². The summed E-state index contributed by atoms with van der Waals surface area (Å²) in [7, 11) is 0. The lowest BCUT2D eigenvalue weighted by molar-refractivity contribution is -0.146. The van der Waals surface area contributed by atoms with Crippen LogP contribution in [0.5, 0.6) is 0 Å². The van der Waals surface area contributed by atoms with E-state index in [9.17, 15) is 4.39 Å². The monoisotopic (exact) mass is 173 g/mol. The lowest BCUT2D eigenvalue weighted by Crippen LogP contribution is -2.67. The van der Waals surface area contributed by atoms with Gasteiger partial charge >= 0.3 is 0 Å². The maximum Gasteiger partial charge on any atom is 0.134 e. The Morgan fingerprint density at radius 2 is 2.17 bits per heavy atom. The SMILES string of the molecule is CC(C)N1CC2(C1)OCC[C@@H]2F. The first-order valence-corrected chi connectivity index (χ1v) is 4.66. The molecule has 0 saturated carbocycles. The quantitative estimate of drug-likeness (QED) is 0.591. The highest BCUT2D eigenvalue weighted by Gasteiger charge is 2.54. The maximum absolute atomic E-state index is 13.3. The number of hydrogen-bond donors (Lipinski definition) is 0. The van der Waals surface area contributed by atoms with Crippen LogP contribution in [0.15, 0.2) is 0 Å². The normalized spacial score (nSPS) is 34.5. The molecule has 2 nitrogen and oxygen atoms in total. The van der Waals surface area contributed by atoms with Gasteiger partial charge in [-0.15, -0.1) is 0 Å². The fourth-order valence-electron chi connectivity index (χ4n) is 2.01. The molecule has 0 amide bonds. The van der Waals surface area contributed by atoms with Crippen LogP contribution in [0.4, 0.5) is 4.39 Å². The summed E-state index contributed by atoms with van der Waals surface area (Å²) in [6.07, 6.45) is -0.140. The largest absolute Gasteiger partial charge is 0.369 e. The molecule has 0 aromatic rings. The third-order valence-corrected chi connectivity index (χ3v) is 3.00. The van der Waals surface area contributed by atoms with E-state index in [0.717, 1.165) is 13.1 Å². The van der Waals surface area contributed by atoms with Crippen molar-refractivity contribution in [2.24, 2.45) is 0 Å². The topological polar surface area (TPSA) is 12.5 Å². The summed E-state index contributed by atoms with van der Waals surface area (Å²) in [5.74, 6) is 0. The van der Waals surface area contributed by atoms with Crippen LogP contribution in [0, 0.1) is 0 Å². The summed E-state index contributed by atoms with van der Waals surface area (Å²) in [5, 5.41) is 0. The molecule has 12 heavy (non-hydrogen) atoms. The lowest BCUT2D eigenvalue weighted by atomic mass is 9.88. The Hall–Kier alpha value is -0.150. The summed E-state index contributed by atoms with van der Waals surface area (Å²) in [5.41, 5.74) is -0.412. The minimum absolute atomic E-state index is 0.412. The van der Waals surface area contributed by atoms with Crippen LogP contribution in [0.2, 0.25) is 0 Å². The van der Waals surface area contributed by atoms with E-state index >= 15 is 0 Å². The number of hydrogen-bond acceptors (Lipinski definition) is 2. The van der Waals surface area contributed by atoms with Crippen molar-refractivity contribution < 1.29 is 9.13 Å². The van der Waals surface area contributed by atoms with E-state index in [1.54, 1.807) is 0 Å². The number of likely N-dealkylation sites (tertiary alicyclic amines) is 1. The minimum atomic E-state index is -0.729. The highest BCUT2D eigenvalue weighted by atomic mass is 19.1. The second-order valence-electron chi connectivity index (χ2n) is 4.17. The van der Waals surface area contributed by atoms with Crippen molar-refractivity contribution in [2.75, 3.05) is 19.7 Å². The van der Waals surface area contributed by atoms with Gasteiger partial charge in [0.25, 0.3) is 0 Å². The molecule has 70 valence electrons. The van der Waals surface area contributed by atoms with Gasteiger partial charge < -0.3 is 4.74 Å². The van der Waals surface area contributed by atoms with Gasteiger partial charge in [-0.3, -0.25) is 4.90 Å². The van der Waals surface area contributed by atoms with Crippen LogP contribution in [-0.2, 0) is 4.74 Å². The van der Waals surface area contributed by atoms with E-state index in [1.165, 1.54) is 0 Å². The van der Waals surface area contributed by atoms with Crippen LogP contribution >= 0.6 is 0 Å². The molecule has 0 aromatic heterocycles. The first kappa shape index (κ1) is 8.45. The Bertz CT molecular complexity index is 177. The highest BCUT2D eigenvalue weighted by Crippen LogP contribution is 2.37. The van der Waals surface area contributed by atoms with Gasteiger partial charge in [-0.2, -0.15) is 0 Å². The van der Waals surface area contributed by atoms with E-state index in [1.807, 2.05) is 0 Å². The first-order valence-electron chi connectivity index (χ1n) is 4.66. The third kappa shape index (κ3) is 1.07. The van der Waals surface area contributed by atoms with Crippen molar-refractivity contribution in [3.63, 3.8) is 0 Å². The molecular formula is C9H16FNO. The average Bonchev–Trinajstić information content (AvgIpc) is 2.26. The van der Waals surface area contributed by atoms with Crippen molar-refractivity contribution in [1.29, 1.82) is 0 Å². The number of halogens is 1. The molecule has 2 fully saturated rings. The lowest BCUT2D eigenvalue weighted by Gasteiger charge is -2.50. The van der Waals surface area contributed by atoms with E-state index < -0.39 is 11.8 Å². The molecule has 1 atom stereocenters. The molecule has 2 aliphatic rings. The number of rotatable bonds is 1. The molecular weight excluding hydrogens is 157 g/mol. The molecule has 0 aromatic carbocycles. The molecule has 0 unspecified atom stereocenters. The number of ether oxygens (including phenoxy) is 1. The minimum Gasteiger partial charge on any atom is -0.369 e.